The van der Waals surface area contributed by atoms with E-state index in [4.69, 9.17) is 9.47 Å². The molecule has 0 aliphatic heterocycles. The van der Waals surface area contributed by atoms with E-state index in [1.54, 1.807) is 25.1 Å². The van der Waals surface area contributed by atoms with Crippen molar-refractivity contribution in [3.8, 4) is 5.75 Å². The molecule has 1 unspecified atom stereocenters. The molecule has 1 aromatic rings. The van der Waals surface area contributed by atoms with Crippen molar-refractivity contribution in [3.63, 3.8) is 0 Å². The van der Waals surface area contributed by atoms with E-state index >= 15 is 0 Å². The van der Waals surface area contributed by atoms with Crippen molar-refractivity contribution < 1.29 is 14.6 Å². The highest BCUT2D eigenvalue weighted by Crippen LogP contribution is 2.32. The van der Waals surface area contributed by atoms with Crippen LogP contribution in [0.5, 0.6) is 5.75 Å². The summed E-state index contributed by atoms with van der Waals surface area (Å²) in [5.41, 5.74) is -0.367. The highest BCUT2D eigenvalue weighted by Gasteiger charge is 2.34. The number of hydrogen-bond acceptors (Lipinski definition) is 4. The SMILES string of the molecule is CCn1ncc(OC)c1C(O)(CC)COC. The number of methoxy groups -OCH3 is 2. The fourth-order valence-electron chi connectivity index (χ4n) is 1.80. The highest BCUT2D eigenvalue weighted by atomic mass is 16.5. The molecule has 0 saturated carbocycles. The molecule has 0 spiro atoms. The summed E-state index contributed by atoms with van der Waals surface area (Å²) < 4.78 is 12.0. The monoisotopic (exact) mass is 228 g/mol. The summed E-state index contributed by atoms with van der Waals surface area (Å²) in [4.78, 5) is 0. The molecule has 0 saturated heterocycles. The first-order valence-corrected chi connectivity index (χ1v) is 5.44. The van der Waals surface area contributed by atoms with Gasteiger partial charge in [-0.3, -0.25) is 4.68 Å². The maximum atomic E-state index is 10.5. The number of hydrogen-bond donors (Lipinski definition) is 1. The van der Waals surface area contributed by atoms with Gasteiger partial charge in [0, 0.05) is 13.7 Å². The van der Waals surface area contributed by atoms with Crippen molar-refractivity contribution in [2.45, 2.75) is 32.4 Å². The quantitative estimate of drug-likeness (QED) is 0.793. The third kappa shape index (κ3) is 2.20. The Kier molecular flexibility index (Phi) is 4.32. The maximum absolute atomic E-state index is 10.5. The molecule has 1 heterocycles. The number of nitrogens with zero attached hydrogens (tertiary/aromatic N) is 2. The molecule has 1 aromatic heterocycles. The van der Waals surface area contributed by atoms with Gasteiger partial charge in [-0.05, 0) is 13.3 Å². The molecule has 0 radical (unpaired) electrons. The Labute approximate surface area is 96.0 Å². The Morgan fingerprint density at radius 3 is 2.56 bits per heavy atom. The normalized spacial score (nSPS) is 14.8. The molecule has 0 fully saturated rings. The van der Waals surface area contributed by atoms with Gasteiger partial charge in [-0.25, -0.2) is 0 Å². The van der Waals surface area contributed by atoms with E-state index in [0.717, 1.165) is 0 Å². The standard InChI is InChI=1S/C11H20N2O3/c1-5-11(14,8-15-3)10-9(16-4)7-12-13(10)6-2/h7,14H,5-6,8H2,1-4H3. The van der Waals surface area contributed by atoms with Gasteiger partial charge in [-0.1, -0.05) is 6.92 Å². The van der Waals surface area contributed by atoms with E-state index in [0.29, 0.717) is 24.4 Å². The Morgan fingerprint density at radius 2 is 2.12 bits per heavy atom. The molecular formula is C11H20N2O3. The molecule has 1 N–H and O–H groups in total. The second-order valence-electron chi connectivity index (χ2n) is 3.70. The van der Waals surface area contributed by atoms with E-state index in [-0.39, 0.29) is 6.61 Å². The summed E-state index contributed by atoms with van der Waals surface area (Å²) in [5, 5.41) is 14.7. The van der Waals surface area contributed by atoms with Crippen LogP contribution in [0, 0.1) is 0 Å². The van der Waals surface area contributed by atoms with E-state index in [1.165, 1.54) is 0 Å². The van der Waals surface area contributed by atoms with Gasteiger partial charge >= 0.3 is 0 Å². The molecule has 0 bridgehead atoms. The van der Waals surface area contributed by atoms with Crippen LogP contribution in [0.3, 0.4) is 0 Å². The Hall–Kier alpha value is -1.07. The Morgan fingerprint density at radius 1 is 1.44 bits per heavy atom. The lowest BCUT2D eigenvalue weighted by atomic mass is 9.96. The van der Waals surface area contributed by atoms with Crippen LogP contribution in [0.2, 0.25) is 0 Å². The first-order valence-electron chi connectivity index (χ1n) is 5.44. The van der Waals surface area contributed by atoms with Crippen molar-refractivity contribution in [1.82, 2.24) is 9.78 Å². The van der Waals surface area contributed by atoms with E-state index in [9.17, 15) is 5.11 Å². The summed E-state index contributed by atoms with van der Waals surface area (Å²) in [5.74, 6) is 0.600. The van der Waals surface area contributed by atoms with Crippen molar-refractivity contribution in [2.24, 2.45) is 0 Å². The summed E-state index contributed by atoms with van der Waals surface area (Å²) in [7, 11) is 3.14. The van der Waals surface area contributed by atoms with Crippen molar-refractivity contribution in [2.75, 3.05) is 20.8 Å². The van der Waals surface area contributed by atoms with Crippen LogP contribution in [-0.2, 0) is 16.9 Å². The summed E-state index contributed by atoms with van der Waals surface area (Å²) in [6.45, 7) is 4.79. The maximum Gasteiger partial charge on any atom is 0.163 e. The molecule has 16 heavy (non-hydrogen) atoms. The van der Waals surface area contributed by atoms with Crippen LogP contribution in [0.4, 0.5) is 0 Å². The lowest BCUT2D eigenvalue weighted by molar-refractivity contribution is -0.0462. The molecule has 0 aromatic carbocycles. The van der Waals surface area contributed by atoms with Gasteiger partial charge in [-0.15, -0.1) is 0 Å². The molecular weight excluding hydrogens is 208 g/mol. The van der Waals surface area contributed by atoms with Crippen LogP contribution < -0.4 is 4.74 Å². The minimum atomic E-state index is -1.05. The van der Waals surface area contributed by atoms with Crippen LogP contribution in [0.25, 0.3) is 0 Å². The fourth-order valence-corrected chi connectivity index (χ4v) is 1.80. The van der Waals surface area contributed by atoms with Gasteiger partial charge in [0.2, 0.25) is 0 Å². The van der Waals surface area contributed by atoms with Crippen LogP contribution in [0.15, 0.2) is 6.20 Å². The van der Waals surface area contributed by atoms with Gasteiger partial charge in [0.05, 0.1) is 19.9 Å². The van der Waals surface area contributed by atoms with Crippen LogP contribution in [-0.4, -0.2) is 35.7 Å². The zero-order valence-electron chi connectivity index (χ0n) is 10.4. The Balaban J connectivity index is 3.20. The molecule has 0 aliphatic rings. The predicted molar refractivity (Wildman–Crippen MR) is 60.5 cm³/mol. The minimum absolute atomic E-state index is 0.228. The molecule has 92 valence electrons. The number of aliphatic hydroxyl groups is 1. The van der Waals surface area contributed by atoms with Crippen LogP contribution >= 0.6 is 0 Å². The second kappa shape index (κ2) is 5.32. The summed E-state index contributed by atoms with van der Waals surface area (Å²) >= 11 is 0. The topological polar surface area (TPSA) is 56.5 Å². The van der Waals surface area contributed by atoms with Gasteiger partial charge in [-0.2, -0.15) is 5.10 Å². The third-order valence-corrected chi connectivity index (χ3v) is 2.73. The first-order chi connectivity index (χ1) is 7.62. The lowest BCUT2D eigenvalue weighted by Gasteiger charge is -2.27. The molecule has 5 nitrogen and oxygen atoms in total. The second-order valence-corrected chi connectivity index (χ2v) is 3.70. The largest absolute Gasteiger partial charge is 0.493 e. The zero-order chi connectivity index (χ0) is 12.2. The van der Waals surface area contributed by atoms with Crippen LogP contribution in [0.1, 0.15) is 26.0 Å². The number of aromatic nitrogens is 2. The molecule has 5 heteroatoms. The number of ether oxygens (including phenoxy) is 2. The number of aryl methyl sites for hydroxylation is 1. The smallest absolute Gasteiger partial charge is 0.163 e. The molecule has 1 rings (SSSR count). The van der Waals surface area contributed by atoms with Gasteiger partial charge < -0.3 is 14.6 Å². The zero-order valence-corrected chi connectivity index (χ0v) is 10.4. The Bertz CT molecular complexity index is 316. The van der Waals surface area contributed by atoms with Gasteiger partial charge in [0.1, 0.15) is 11.3 Å². The van der Waals surface area contributed by atoms with Crippen molar-refractivity contribution in [1.29, 1.82) is 0 Å². The predicted octanol–water partition coefficient (Wildman–Crippen LogP) is 1.16. The van der Waals surface area contributed by atoms with Crippen molar-refractivity contribution >= 4 is 0 Å². The van der Waals surface area contributed by atoms with E-state index < -0.39 is 5.60 Å². The van der Waals surface area contributed by atoms with Gasteiger partial charge in [0.25, 0.3) is 0 Å². The highest BCUT2D eigenvalue weighted by molar-refractivity contribution is 5.31. The first kappa shape index (κ1) is 13.0. The summed E-state index contributed by atoms with van der Waals surface area (Å²) in [6.07, 6.45) is 2.16. The van der Waals surface area contributed by atoms with Gasteiger partial charge in [0.15, 0.2) is 5.75 Å². The van der Waals surface area contributed by atoms with E-state index in [2.05, 4.69) is 5.10 Å². The lowest BCUT2D eigenvalue weighted by Crippen LogP contribution is -2.33. The van der Waals surface area contributed by atoms with Crippen molar-refractivity contribution in [3.05, 3.63) is 11.9 Å². The fraction of sp³-hybridized carbons (Fsp3) is 0.727. The number of rotatable bonds is 6. The average Bonchev–Trinajstić information content (AvgIpc) is 2.72. The molecule has 0 aliphatic carbocycles. The average molecular weight is 228 g/mol. The third-order valence-electron chi connectivity index (χ3n) is 2.73. The van der Waals surface area contributed by atoms with E-state index in [1.807, 2.05) is 13.8 Å². The minimum Gasteiger partial charge on any atom is -0.493 e. The molecule has 0 amide bonds. The molecule has 1 atom stereocenters. The summed E-state index contributed by atoms with van der Waals surface area (Å²) in [6, 6.07) is 0.